The van der Waals surface area contributed by atoms with Gasteiger partial charge in [-0.15, -0.1) is 0 Å². The van der Waals surface area contributed by atoms with Crippen LogP contribution in [0.1, 0.15) is 39.1 Å². The van der Waals surface area contributed by atoms with E-state index in [-0.39, 0.29) is 18.1 Å². The first kappa shape index (κ1) is 21.1. The van der Waals surface area contributed by atoms with Crippen LogP contribution in [0.2, 0.25) is 0 Å². The summed E-state index contributed by atoms with van der Waals surface area (Å²) in [5.74, 6) is 0.0469. The van der Waals surface area contributed by atoms with Crippen LogP contribution in [-0.2, 0) is 26.6 Å². The largest absolute Gasteiger partial charge is 0.345 e. The summed E-state index contributed by atoms with van der Waals surface area (Å²) in [6.07, 6.45) is 5.58. The van der Waals surface area contributed by atoms with Gasteiger partial charge in [0, 0.05) is 32.8 Å². The summed E-state index contributed by atoms with van der Waals surface area (Å²) in [4.78, 5) is 24.0. The summed E-state index contributed by atoms with van der Waals surface area (Å²) in [6, 6.07) is 4.51. The third-order valence-electron chi connectivity index (χ3n) is 4.47. The van der Waals surface area contributed by atoms with E-state index in [4.69, 9.17) is 0 Å². The normalized spacial score (nSPS) is 10.7. The molecule has 0 fully saturated rings. The molecular formula is C21H24FN7O. The molecule has 0 aromatic carbocycles. The van der Waals surface area contributed by atoms with Gasteiger partial charge in [-0.05, 0) is 30.4 Å². The van der Waals surface area contributed by atoms with E-state index >= 15 is 0 Å². The van der Waals surface area contributed by atoms with Gasteiger partial charge in [0.25, 0.3) is 5.91 Å². The topological polar surface area (TPSA) is 101 Å². The quantitative estimate of drug-likeness (QED) is 0.446. The number of hydrogen-bond acceptors (Lipinski definition) is 5. The molecule has 3 heterocycles. The van der Waals surface area contributed by atoms with Crippen LogP contribution in [0.15, 0.2) is 37.6 Å². The van der Waals surface area contributed by atoms with Crippen molar-refractivity contribution in [1.29, 1.82) is 0 Å². The maximum atomic E-state index is 13.6. The number of amides is 1. The highest BCUT2D eigenvalue weighted by molar-refractivity contribution is 5.92. The van der Waals surface area contributed by atoms with Crippen LogP contribution < -0.4 is 10.6 Å². The lowest BCUT2D eigenvalue weighted by molar-refractivity contribution is 0.0940. The predicted molar refractivity (Wildman–Crippen MR) is 113 cm³/mol. The van der Waals surface area contributed by atoms with Gasteiger partial charge in [0.05, 0.1) is 29.3 Å². The van der Waals surface area contributed by atoms with E-state index in [1.165, 1.54) is 23.0 Å². The van der Waals surface area contributed by atoms with Crippen LogP contribution in [0, 0.1) is 5.82 Å². The number of nitrogens with zero attached hydrogens (tertiary/aromatic N) is 4. The van der Waals surface area contributed by atoms with Gasteiger partial charge in [0.15, 0.2) is 0 Å². The van der Waals surface area contributed by atoms with Crippen molar-refractivity contribution in [1.82, 2.24) is 35.4 Å². The van der Waals surface area contributed by atoms with Crippen molar-refractivity contribution < 1.29 is 9.18 Å². The van der Waals surface area contributed by atoms with E-state index in [2.05, 4.69) is 43.8 Å². The average molecular weight is 409 g/mol. The first-order chi connectivity index (χ1) is 14.5. The SMILES string of the molecule is C=Cc1nc(CCNCc2cc(C(=O)NCc3ncccc3F)n(C)n2)[nH]c1C=C. The molecule has 0 aliphatic rings. The van der Waals surface area contributed by atoms with E-state index in [0.29, 0.717) is 25.2 Å². The van der Waals surface area contributed by atoms with Crippen LogP contribution in [0.25, 0.3) is 12.2 Å². The van der Waals surface area contributed by atoms with Crippen LogP contribution in [0.4, 0.5) is 4.39 Å². The lowest BCUT2D eigenvalue weighted by atomic mass is 10.3. The Morgan fingerprint density at radius 2 is 2.17 bits per heavy atom. The number of aryl methyl sites for hydroxylation is 1. The minimum atomic E-state index is -0.454. The number of rotatable bonds is 10. The van der Waals surface area contributed by atoms with Gasteiger partial charge in [-0.2, -0.15) is 5.10 Å². The monoisotopic (exact) mass is 409 g/mol. The Morgan fingerprint density at radius 1 is 1.33 bits per heavy atom. The second-order valence-corrected chi connectivity index (χ2v) is 6.58. The van der Waals surface area contributed by atoms with Gasteiger partial charge in [-0.1, -0.05) is 13.2 Å². The third kappa shape index (κ3) is 5.06. The minimum Gasteiger partial charge on any atom is -0.345 e. The Balaban J connectivity index is 1.50. The first-order valence-electron chi connectivity index (χ1n) is 9.46. The molecule has 0 bridgehead atoms. The summed E-state index contributed by atoms with van der Waals surface area (Å²) in [5.41, 5.74) is 2.94. The molecule has 0 spiro atoms. The van der Waals surface area contributed by atoms with Crippen molar-refractivity contribution in [3.8, 4) is 0 Å². The third-order valence-corrected chi connectivity index (χ3v) is 4.47. The van der Waals surface area contributed by atoms with Crippen molar-refractivity contribution in [3.05, 3.63) is 77.7 Å². The molecule has 9 heteroatoms. The number of halogens is 1. The maximum Gasteiger partial charge on any atom is 0.269 e. The van der Waals surface area contributed by atoms with Crippen molar-refractivity contribution in [2.75, 3.05) is 6.54 Å². The molecule has 0 radical (unpaired) electrons. The van der Waals surface area contributed by atoms with Crippen molar-refractivity contribution in [2.24, 2.45) is 7.05 Å². The zero-order valence-corrected chi connectivity index (χ0v) is 16.8. The molecule has 156 valence electrons. The van der Waals surface area contributed by atoms with Crippen LogP contribution >= 0.6 is 0 Å². The van der Waals surface area contributed by atoms with Gasteiger partial charge in [-0.3, -0.25) is 14.5 Å². The fourth-order valence-corrected chi connectivity index (χ4v) is 2.93. The number of aromatic nitrogens is 5. The molecule has 30 heavy (non-hydrogen) atoms. The smallest absolute Gasteiger partial charge is 0.269 e. The molecule has 0 saturated carbocycles. The van der Waals surface area contributed by atoms with E-state index in [0.717, 1.165) is 22.9 Å². The van der Waals surface area contributed by atoms with Crippen LogP contribution in [-0.4, -0.2) is 37.2 Å². The lowest BCUT2D eigenvalue weighted by Crippen LogP contribution is -2.26. The Morgan fingerprint density at radius 3 is 2.87 bits per heavy atom. The summed E-state index contributed by atoms with van der Waals surface area (Å²) >= 11 is 0. The predicted octanol–water partition coefficient (Wildman–Crippen LogP) is 2.23. The van der Waals surface area contributed by atoms with Crippen LogP contribution in [0.5, 0.6) is 0 Å². The lowest BCUT2D eigenvalue weighted by Gasteiger charge is -2.05. The van der Waals surface area contributed by atoms with E-state index in [1.54, 1.807) is 25.3 Å². The van der Waals surface area contributed by atoms with E-state index in [1.807, 2.05) is 0 Å². The van der Waals surface area contributed by atoms with Gasteiger partial charge < -0.3 is 15.6 Å². The highest BCUT2D eigenvalue weighted by Gasteiger charge is 2.14. The molecular weight excluding hydrogens is 385 g/mol. The van der Waals surface area contributed by atoms with E-state index < -0.39 is 5.82 Å². The van der Waals surface area contributed by atoms with Crippen molar-refractivity contribution in [3.63, 3.8) is 0 Å². The standard InChI is InChI=1S/C21H24FN7O/c1-4-16-17(5-2)27-20(26-16)8-10-23-12-14-11-19(29(3)28-14)21(30)25-13-18-15(22)7-6-9-24-18/h4-7,9,11,23H,1-2,8,10,12-13H2,3H3,(H,25,30)(H,26,27). The number of H-pyrrole nitrogens is 1. The molecule has 0 aliphatic carbocycles. The molecule has 0 saturated heterocycles. The molecule has 3 N–H and O–H groups in total. The van der Waals surface area contributed by atoms with E-state index in [9.17, 15) is 9.18 Å². The number of carbonyl (C=O) groups excluding carboxylic acids is 1. The van der Waals surface area contributed by atoms with Crippen LogP contribution in [0.3, 0.4) is 0 Å². The molecule has 3 rings (SSSR count). The van der Waals surface area contributed by atoms with Gasteiger partial charge in [0.1, 0.15) is 17.3 Å². The van der Waals surface area contributed by atoms with Gasteiger partial charge in [0.2, 0.25) is 0 Å². The molecule has 3 aromatic heterocycles. The molecule has 0 atom stereocenters. The number of nitrogens with one attached hydrogen (secondary N) is 3. The zero-order chi connectivity index (χ0) is 21.5. The number of carbonyl (C=O) groups is 1. The molecule has 3 aromatic rings. The maximum absolute atomic E-state index is 13.6. The number of pyridine rings is 1. The first-order valence-corrected chi connectivity index (χ1v) is 9.46. The van der Waals surface area contributed by atoms with Crippen molar-refractivity contribution >= 4 is 18.1 Å². The Hall–Kier alpha value is -3.59. The Kier molecular flexibility index (Phi) is 6.87. The number of aromatic amines is 1. The summed E-state index contributed by atoms with van der Waals surface area (Å²) in [6.45, 7) is 8.67. The van der Waals surface area contributed by atoms with Gasteiger partial charge in [-0.25, -0.2) is 9.37 Å². The molecule has 1 amide bonds. The summed E-state index contributed by atoms with van der Waals surface area (Å²) in [7, 11) is 1.69. The summed E-state index contributed by atoms with van der Waals surface area (Å²) < 4.78 is 15.1. The highest BCUT2D eigenvalue weighted by Crippen LogP contribution is 2.09. The highest BCUT2D eigenvalue weighted by atomic mass is 19.1. The second-order valence-electron chi connectivity index (χ2n) is 6.58. The fourth-order valence-electron chi connectivity index (χ4n) is 2.93. The zero-order valence-electron chi connectivity index (χ0n) is 16.8. The molecule has 0 unspecified atom stereocenters. The Labute approximate surface area is 173 Å². The molecule has 0 aliphatic heterocycles. The minimum absolute atomic E-state index is 0.00676. The van der Waals surface area contributed by atoms with Gasteiger partial charge >= 0.3 is 0 Å². The fraction of sp³-hybridized carbons (Fsp3) is 0.238. The second kappa shape index (κ2) is 9.75. The Bertz CT molecular complexity index is 1030. The number of imidazole rings is 1. The van der Waals surface area contributed by atoms with Crippen molar-refractivity contribution in [2.45, 2.75) is 19.5 Å². The summed E-state index contributed by atoms with van der Waals surface area (Å²) in [5, 5.41) is 10.3. The number of hydrogen-bond donors (Lipinski definition) is 3. The average Bonchev–Trinajstić information content (AvgIpc) is 3.33. The molecule has 8 nitrogen and oxygen atoms in total.